The molecule has 3 rings (SSSR count). The fourth-order valence-corrected chi connectivity index (χ4v) is 2.98. The molecule has 0 heterocycles. The predicted octanol–water partition coefficient (Wildman–Crippen LogP) is 6.37. The first-order valence-electron chi connectivity index (χ1n) is 8.10. The third-order valence-electron chi connectivity index (χ3n) is 3.83. The first-order chi connectivity index (χ1) is 13.0. The van der Waals surface area contributed by atoms with E-state index in [-0.39, 0.29) is 11.6 Å². The molecule has 0 aliphatic carbocycles. The van der Waals surface area contributed by atoms with E-state index in [9.17, 15) is 14.0 Å². The Morgan fingerprint density at radius 1 is 1.00 bits per heavy atom. The zero-order chi connectivity index (χ0) is 19.2. The van der Waals surface area contributed by atoms with Crippen LogP contribution in [0.15, 0.2) is 71.2 Å². The van der Waals surface area contributed by atoms with Crippen LogP contribution in [0, 0.1) is 23.0 Å². The Labute approximate surface area is 164 Å². The molecule has 0 radical (unpaired) electrons. The van der Waals surface area contributed by atoms with Crippen LogP contribution < -0.4 is 4.74 Å². The van der Waals surface area contributed by atoms with Gasteiger partial charge in [-0.1, -0.05) is 30.3 Å². The molecule has 0 saturated carbocycles. The van der Waals surface area contributed by atoms with Crippen molar-refractivity contribution in [1.82, 2.24) is 0 Å². The van der Waals surface area contributed by atoms with E-state index >= 15 is 0 Å². The van der Waals surface area contributed by atoms with Crippen LogP contribution in [-0.4, -0.2) is 0 Å². The number of rotatable bonds is 5. The molecule has 0 amide bonds. The molecule has 0 aromatic heterocycles. The van der Waals surface area contributed by atoms with Crippen molar-refractivity contribution < 1.29 is 13.5 Å². The summed E-state index contributed by atoms with van der Waals surface area (Å²) in [7, 11) is 0. The van der Waals surface area contributed by atoms with Gasteiger partial charge in [-0.3, -0.25) is 0 Å². The number of halogens is 3. The summed E-state index contributed by atoms with van der Waals surface area (Å²) in [5.41, 5.74) is 2.51. The molecule has 27 heavy (non-hydrogen) atoms. The van der Waals surface area contributed by atoms with Crippen molar-refractivity contribution in [3.63, 3.8) is 0 Å². The van der Waals surface area contributed by atoms with E-state index < -0.39 is 0 Å². The topological polar surface area (TPSA) is 33.0 Å². The zero-order valence-corrected chi connectivity index (χ0v) is 15.7. The molecular weight excluding hydrogens is 412 g/mol. The standard InChI is InChI=1S/C22H14BrF2NO/c23-21-11-16(10-18(13-26)17-2-1-3-20(25)12-17)6-9-22(21)27-14-15-4-7-19(24)8-5-15/h1-12H,14H2/b18-10-. The van der Waals surface area contributed by atoms with Crippen LogP contribution in [0.5, 0.6) is 5.75 Å². The van der Waals surface area contributed by atoms with Crippen molar-refractivity contribution >= 4 is 27.6 Å². The highest BCUT2D eigenvalue weighted by molar-refractivity contribution is 9.10. The van der Waals surface area contributed by atoms with Gasteiger partial charge in [-0.05, 0) is 75.1 Å². The fraction of sp³-hybridized carbons (Fsp3) is 0.0455. The minimum atomic E-state index is -0.389. The number of nitrogens with zero attached hydrogens (tertiary/aromatic N) is 1. The number of hydrogen-bond acceptors (Lipinski definition) is 2. The highest BCUT2D eigenvalue weighted by Crippen LogP contribution is 2.29. The van der Waals surface area contributed by atoms with Gasteiger partial charge in [0.15, 0.2) is 0 Å². The molecule has 5 heteroatoms. The molecule has 0 spiro atoms. The molecule has 0 unspecified atom stereocenters. The molecule has 0 saturated heterocycles. The van der Waals surface area contributed by atoms with Crippen LogP contribution in [0.4, 0.5) is 8.78 Å². The smallest absolute Gasteiger partial charge is 0.134 e. The van der Waals surface area contributed by atoms with Crippen molar-refractivity contribution in [2.75, 3.05) is 0 Å². The molecular formula is C22H14BrF2NO. The molecule has 0 N–H and O–H groups in total. The average molecular weight is 426 g/mol. The summed E-state index contributed by atoms with van der Waals surface area (Å²) in [5, 5.41) is 9.38. The van der Waals surface area contributed by atoms with Crippen molar-refractivity contribution in [2.24, 2.45) is 0 Å². The maximum atomic E-state index is 13.4. The Morgan fingerprint density at radius 2 is 1.78 bits per heavy atom. The third-order valence-corrected chi connectivity index (χ3v) is 4.45. The lowest BCUT2D eigenvalue weighted by atomic mass is 10.0. The summed E-state index contributed by atoms with van der Waals surface area (Å²) in [6.45, 7) is 0.306. The van der Waals surface area contributed by atoms with Crippen molar-refractivity contribution in [2.45, 2.75) is 6.61 Å². The number of benzene rings is 3. The van der Waals surface area contributed by atoms with E-state index in [1.54, 1.807) is 42.5 Å². The second-order valence-electron chi connectivity index (χ2n) is 5.79. The fourth-order valence-electron chi connectivity index (χ4n) is 2.47. The lowest BCUT2D eigenvalue weighted by Crippen LogP contribution is -1.96. The van der Waals surface area contributed by atoms with E-state index in [4.69, 9.17) is 4.74 Å². The van der Waals surface area contributed by atoms with Crippen LogP contribution in [0.3, 0.4) is 0 Å². The summed E-state index contributed by atoms with van der Waals surface area (Å²) in [6.07, 6.45) is 1.68. The Kier molecular flexibility index (Phi) is 6.00. The summed E-state index contributed by atoms with van der Waals surface area (Å²) < 4.78 is 32.8. The van der Waals surface area contributed by atoms with Crippen molar-refractivity contribution in [3.8, 4) is 11.8 Å². The predicted molar refractivity (Wildman–Crippen MR) is 105 cm³/mol. The number of ether oxygens (including phenoxy) is 1. The molecule has 3 aromatic carbocycles. The molecule has 0 atom stereocenters. The largest absolute Gasteiger partial charge is 0.488 e. The van der Waals surface area contributed by atoms with E-state index in [2.05, 4.69) is 22.0 Å². The second kappa shape index (κ2) is 8.61. The van der Waals surface area contributed by atoms with Gasteiger partial charge in [0.2, 0.25) is 0 Å². The van der Waals surface area contributed by atoms with Gasteiger partial charge in [0.25, 0.3) is 0 Å². The van der Waals surface area contributed by atoms with E-state index in [1.807, 2.05) is 6.07 Å². The molecule has 0 aliphatic heterocycles. The highest BCUT2D eigenvalue weighted by Gasteiger charge is 2.06. The van der Waals surface area contributed by atoms with Crippen LogP contribution >= 0.6 is 15.9 Å². The third kappa shape index (κ3) is 5.02. The zero-order valence-electron chi connectivity index (χ0n) is 14.1. The monoisotopic (exact) mass is 425 g/mol. The molecule has 0 aliphatic rings. The van der Waals surface area contributed by atoms with E-state index in [0.29, 0.717) is 23.5 Å². The molecule has 0 fully saturated rings. The van der Waals surface area contributed by atoms with Gasteiger partial charge in [-0.25, -0.2) is 8.78 Å². The van der Waals surface area contributed by atoms with E-state index in [1.165, 1.54) is 24.3 Å². The van der Waals surface area contributed by atoms with Gasteiger partial charge >= 0.3 is 0 Å². The normalized spacial score (nSPS) is 11.1. The lowest BCUT2D eigenvalue weighted by molar-refractivity contribution is 0.304. The van der Waals surface area contributed by atoms with Gasteiger partial charge in [-0.2, -0.15) is 5.26 Å². The average Bonchev–Trinajstić information content (AvgIpc) is 2.66. The Balaban J connectivity index is 1.77. The maximum absolute atomic E-state index is 13.4. The minimum absolute atomic E-state index is 0.289. The van der Waals surface area contributed by atoms with Crippen LogP contribution in [-0.2, 0) is 6.61 Å². The second-order valence-corrected chi connectivity index (χ2v) is 6.64. The Bertz CT molecular complexity index is 1020. The van der Waals surface area contributed by atoms with Gasteiger partial charge in [0.1, 0.15) is 24.0 Å². The summed E-state index contributed by atoms with van der Waals surface area (Å²) in [4.78, 5) is 0. The highest BCUT2D eigenvalue weighted by atomic mass is 79.9. The lowest BCUT2D eigenvalue weighted by Gasteiger charge is -2.09. The van der Waals surface area contributed by atoms with Gasteiger partial charge in [-0.15, -0.1) is 0 Å². The Morgan fingerprint density at radius 3 is 2.44 bits per heavy atom. The van der Waals surface area contributed by atoms with Gasteiger partial charge < -0.3 is 4.74 Å². The van der Waals surface area contributed by atoms with Gasteiger partial charge in [0.05, 0.1) is 16.1 Å². The summed E-state index contributed by atoms with van der Waals surface area (Å²) >= 11 is 3.45. The number of allylic oxidation sites excluding steroid dienone is 1. The van der Waals surface area contributed by atoms with E-state index in [0.717, 1.165) is 15.6 Å². The summed E-state index contributed by atoms with van der Waals surface area (Å²) in [5.74, 6) is -0.0530. The number of nitriles is 1. The van der Waals surface area contributed by atoms with Crippen LogP contribution in [0.2, 0.25) is 0 Å². The van der Waals surface area contributed by atoms with Gasteiger partial charge in [0, 0.05) is 0 Å². The first-order valence-corrected chi connectivity index (χ1v) is 8.89. The quantitative estimate of drug-likeness (QED) is 0.351. The minimum Gasteiger partial charge on any atom is -0.488 e. The first kappa shape index (κ1) is 18.8. The van der Waals surface area contributed by atoms with Crippen LogP contribution in [0.25, 0.3) is 11.6 Å². The number of hydrogen-bond donors (Lipinski definition) is 0. The van der Waals surface area contributed by atoms with Crippen molar-refractivity contribution in [1.29, 1.82) is 5.26 Å². The molecule has 0 bridgehead atoms. The van der Waals surface area contributed by atoms with Crippen molar-refractivity contribution in [3.05, 3.63) is 99.5 Å². The molecule has 134 valence electrons. The molecule has 3 aromatic rings. The van der Waals surface area contributed by atoms with Crippen LogP contribution in [0.1, 0.15) is 16.7 Å². The summed E-state index contributed by atoms with van der Waals surface area (Å²) in [6, 6.07) is 19.5. The molecule has 2 nitrogen and oxygen atoms in total. The Hall–Kier alpha value is -2.97. The SMILES string of the molecule is N#C/C(=C/c1ccc(OCc2ccc(F)cc2)c(Br)c1)c1cccc(F)c1. The maximum Gasteiger partial charge on any atom is 0.134 e.